The molecule has 2 amide bonds. The van der Waals surface area contributed by atoms with E-state index in [1.807, 2.05) is 0 Å². The zero-order valence-corrected chi connectivity index (χ0v) is 16.9. The minimum Gasteiger partial charge on any atom is -0.354 e. The van der Waals surface area contributed by atoms with Gasteiger partial charge in [-0.3, -0.25) is 9.59 Å². The van der Waals surface area contributed by atoms with Crippen LogP contribution in [0.5, 0.6) is 0 Å². The topological polar surface area (TPSA) is 64.7 Å². The summed E-state index contributed by atoms with van der Waals surface area (Å²) < 4.78 is 0. The molecule has 0 saturated carbocycles. The van der Waals surface area contributed by atoms with Crippen LogP contribution < -0.4 is 10.6 Å². The van der Waals surface area contributed by atoms with Gasteiger partial charge in [-0.05, 0) is 64.5 Å². The molecule has 3 saturated heterocycles. The number of carbonyl (C=O) groups excluding carboxylic acids is 2. The van der Waals surface area contributed by atoms with Gasteiger partial charge in [-0.15, -0.1) is 12.4 Å². The largest absolute Gasteiger partial charge is 0.354 e. The standard InChI is InChI=1S/C19H34N4O2.ClH/c1-15-5-3-11-23(15)18(24)8-12-22-10-4-6-16(14-22)13-21-19(25)17-7-2-9-20-17;/h15-17,20H,2-14H2,1H3,(H,21,25);1H. The fourth-order valence-electron chi connectivity index (χ4n) is 4.50. The van der Waals surface area contributed by atoms with E-state index in [1.54, 1.807) is 0 Å². The lowest BCUT2D eigenvalue weighted by Crippen LogP contribution is -2.46. The summed E-state index contributed by atoms with van der Waals surface area (Å²) in [6.45, 7) is 7.76. The lowest BCUT2D eigenvalue weighted by Gasteiger charge is -2.33. The van der Waals surface area contributed by atoms with Crippen molar-refractivity contribution in [2.24, 2.45) is 5.92 Å². The SMILES string of the molecule is CC1CCCN1C(=O)CCN1CCCC(CNC(=O)C2CCCN2)C1.Cl. The number of likely N-dealkylation sites (tertiary alicyclic amines) is 2. The highest BCUT2D eigenvalue weighted by Gasteiger charge is 2.27. The Morgan fingerprint density at radius 2 is 1.92 bits per heavy atom. The average Bonchev–Trinajstić information content (AvgIpc) is 3.29. The average molecular weight is 387 g/mol. The van der Waals surface area contributed by atoms with Gasteiger partial charge in [0.15, 0.2) is 0 Å². The van der Waals surface area contributed by atoms with Gasteiger partial charge < -0.3 is 20.4 Å². The van der Waals surface area contributed by atoms with Crippen molar-refractivity contribution in [1.82, 2.24) is 20.4 Å². The Bertz CT molecular complexity index is 470. The van der Waals surface area contributed by atoms with E-state index in [0.29, 0.717) is 24.3 Å². The molecular formula is C19H35ClN4O2. The maximum absolute atomic E-state index is 12.4. The molecule has 0 spiro atoms. The molecular weight excluding hydrogens is 352 g/mol. The second-order valence-electron chi connectivity index (χ2n) is 8.03. The van der Waals surface area contributed by atoms with Crippen molar-refractivity contribution >= 4 is 24.2 Å². The lowest BCUT2D eigenvalue weighted by molar-refractivity contribution is -0.132. The number of rotatable bonds is 6. The van der Waals surface area contributed by atoms with Crippen molar-refractivity contribution in [1.29, 1.82) is 0 Å². The molecule has 3 unspecified atom stereocenters. The summed E-state index contributed by atoms with van der Waals surface area (Å²) in [4.78, 5) is 29.0. The molecule has 0 radical (unpaired) electrons. The van der Waals surface area contributed by atoms with Crippen molar-refractivity contribution in [3.63, 3.8) is 0 Å². The zero-order valence-electron chi connectivity index (χ0n) is 16.0. The number of hydrogen-bond acceptors (Lipinski definition) is 4. The number of hydrogen-bond donors (Lipinski definition) is 2. The van der Waals surface area contributed by atoms with Gasteiger partial charge in [0.1, 0.15) is 0 Å². The highest BCUT2D eigenvalue weighted by molar-refractivity contribution is 5.85. The number of amides is 2. The van der Waals surface area contributed by atoms with E-state index in [2.05, 4.69) is 27.4 Å². The number of nitrogens with one attached hydrogen (secondary N) is 2. The maximum atomic E-state index is 12.4. The third-order valence-electron chi connectivity index (χ3n) is 6.06. The molecule has 2 N–H and O–H groups in total. The van der Waals surface area contributed by atoms with Crippen LogP contribution in [0.3, 0.4) is 0 Å². The van der Waals surface area contributed by atoms with E-state index >= 15 is 0 Å². The smallest absolute Gasteiger partial charge is 0.237 e. The van der Waals surface area contributed by atoms with Gasteiger partial charge in [0.2, 0.25) is 11.8 Å². The van der Waals surface area contributed by atoms with Gasteiger partial charge in [-0.25, -0.2) is 0 Å². The Kier molecular flexibility index (Phi) is 8.64. The normalized spacial score (nSPS) is 29.4. The van der Waals surface area contributed by atoms with Crippen molar-refractivity contribution in [3.05, 3.63) is 0 Å². The van der Waals surface area contributed by atoms with Gasteiger partial charge in [-0.2, -0.15) is 0 Å². The van der Waals surface area contributed by atoms with Crippen LogP contribution in [0.1, 0.15) is 51.9 Å². The van der Waals surface area contributed by atoms with Crippen LogP contribution in [0.15, 0.2) is 0 Å². The van der Waals surface area contributed by atoms with Crippen molar-refractivity contribution in [3.8, 4) is 0 Å². The molecule has 3 aliphatic heterocycles. The number of nitrogens with zero attached hydrogens (tertiary/aromatic N) is 2. The molecule has 0 aromatic carbocycles. The first kappa shape index (κ1) is 21.5. The van der Waals surface area contributed by atoms with Crippen LogP contribution in [0.4, 0.5) is 0 Å². The van der Waals surface area contributed by atoms with Crippen LogP contribution in [0.2, 0.25) is 0 Å². The molecule has 7 heteroatoms. The minimum absolute atomic E-state index is 0. The predicted octanol–water partition coefficient (Wildman–Crippen LogP) is 1.39. The summed E-state index contributed by atoms with van der Waals surface area (Å²) in [7, 11) is 0. The molecule has 6 nitrogen and oxygen atoms in total. The fraction of sp³-hybridized carbons (Fsp3) is 0.895. The quantitative estimate of drug-likeness (QED) is 0.724. The molecule has 0 aliphatic carbocycles. The second kappa shape index (κ2) is 10.5. The van der Waals surface area contributed by atoms with E-state index in [1.165, 1.54) is 6.42 Å². The Morgan fingerprint density at radius 1 is 1.12 bits per heavy atom. The number of halogens is 1. The number of piperidine rings is 1. The van der Waals surface area contributed by atoms with Crippen LogP contribution in [-0.2, 0) is 9.59 Å². The maximum Gasteiger partial charge on any atom is 0.237 e. The van der Waals surface area contributed by atoms with Crippen molar-refractivity contribution in [2.75, 3.05) is 39.3 Å². The molecule has 3 heterocycles. The van der Waals surface area contributed by atoms with E-state index in [0.717, 1.165) is 71.4 Å². The van der Waals surface area contributed by atoms with E-state index in [4.69, 9.17) is 0 Å². The first-order chi connectivity index (χ1) is 12.1. The van der Waals surface area contributed by atoms with Gasteiger partial charge in [0.05, 0.1) is 6.04 Å². The minimum atomic E-state index is 0. The van der Waals surface area contributed by atoms with Crippen LogP contribution >= 0.6 is 12.4 Å². The van der Waals surface area contributed by atoms with Gasteiger partial charge in [0.25, 0.3) is 0 Å². The Balaban J connectivity index is 0.00000243. The molecule has 3 fully saturated rings. The van der Waals surface area contributed by atoms with Crippen LogP contribution in [-0.4, -0.2) is 73.0 Å². The molecule has 26 heavy (non-hydrogen) atoms. The fourth-order valence-corrected chi connectivity index (χ4v) is 4.50. The Morgan fingerprint density at radius 3 is 2.62 bits per heavy atom. The third kappa shape index (κ3) is 5.83. The lowest BCUT2D eigenvalue weighted by atomic mass is 9.97. The first-order valence-electron chi connectivity index (χ1n) is 10.2. The third-order valence-corrected chi connectivity index (χ3v) is 6.06. The predicted molar refractivity (Wildman–Crippen MR) is 105 cm³/mol. The van der Waals surface area contributed by atoms with Gasteiger partial charge in [-0.1, -0.05) is 0 Å². The Labute approximate surface area is 163 Å². The monoisotopic (exact) mass is 386 g/mol. The van der Waals surface area contributed by atoms with E-state index in [-0.39, 0.29) is 24.4 Å². The highest BCUT2D eigenvalue weighted by Crippen LogP contribution is 2.19. The molecule has 0 aromatic rings. The van der Waals surface area contributed by atoms with Crippen molar-refractivity contribution in [2.45, 2.75) is 64.0 Å². The summed E-state index contributed by atoms with van der Waals surface area (Å²) in [6.07, 6.45) is 7.32. The summed E-state index contributed by atoms with van der Waals surface area (Å²) in [5.41, 5.74) is 0. The molecule has 150 valence electrons. The van der Waals surface area contributed by atoms with Crippen molar-refractivity contribution < 1.29 is 9.59 Å². The van der Waals surface area contributed by atoms with Gasteiger partial charge >= 0.3 is 0 Å². The first-order valence-corrected chi connectivity index (χ1v) is 10.2. The summed E-state index contributed by atoms with van der Waals surface area (Å²) in [5, 5.41) is 6.38. The summed E-state index contributed by atoms with van der Waals surface area (Å²) in [5.74, 6) is 0.987. The molecule has 0 aromatic heterocycles. The zero-order chi connectivity index (χ0) is 17.6. The summed E-state index contributed by atoms with van der Waals surface area (Å²) in [6, 6.07) is 0.431. The van der Waals surface area contributed by atoms with Crippen LogP contribution in [0, 0.1) is 5.92 Å². The highest BCUT2D eigenvalue weighted by atomic mass is 35.5. The van der Waals surface area contributed by atoms with E-state index < -0.39 is 0 Å². The number of carbonyl (C=O) groups is 2. The second-order valence-corrected chi connectivity index (χ2v) is 8.03. The summed E-state index contributed by atoms with van der Waals surface area (Å²) >= 11 is 0. The molecule has 0 bridgehead atoms. The molecule has 3 rings (SSSR count). The molecule has 3 aliphatic rings. The van der Waals surface area contributed by atoms with Gasteiger partial charge in [0, 0.05) is 38.6 Å². The van der Waals surface area contributed by atoms with E-state index in [9.17, 15) is 9.59 Å². The Hall–Kier alpha value is -0.850. The van der Waals surface area contributed by atoms with Crippen LogP contribution in [0.25, 0.3) is 0 Å². The molecule has 3 atom stereocenters.